The molecule has 30 heavy (non-hydrogen) atoms. The topological polar surface area (TPSA) is 68.2 Å². The Morgan fingerprint density at radius 3 is 2.90 bits per heavy atom. The number of hydrogen-bond donors (Lipinski definition) is 2. The van der Waals surface area contributed by atoms with Gasteiger partial charge in [-0.25, -0.2) is 4.79 Å². The van der Waals surface area contributed by atoms with Gasteiger partial charge in [0.1, 0.15) is 5.75 Å². The Bertz CT molecular complexity index is 1030. The summed E-state index contributed by atoms with van der Waals surface area (Å²) in [6.45, 7) is 1.10. The Kier molecular flexibility index (Phi) is 6.02. The summed E-state index contributed by atoms with van der Waals surface area (Å²) in [5.41, 5.74) is 5.85. The molecule has 6 nitrogen and oxygen atoms in total. The van der Waals surface area contributed by atoms with Gasteiger partial charge in [-0.1, -0.05) is 30.3 Å². The van der Waals surface area contributed by atoms with E-state index in [4.69, 9.17) is 4.74 Å². The number of aryl methyl sites for hydroxylation is 2. The van der Waals surface area contributed by atoms with Crippen LogP contribution in [0.4, 0.5) is 4.79 Å². The highest BCUT2D eigenvalue weighted by molar-refractivity contribution is 5.74. The molecule has 2 N–H and O–H groups in total. The molecule has 1 atom stereocenters. The maximum absolute atomic E-state index is 12.5. The first-order valence-electron chi connectivity index (χ1n) is 10.4. The molecule has 0 radical (unpaired) electrons. The van der Waals surface area contributed by atoms with Crippen molar-refractivity contribution in [3.63, 3.8) is 0 Å². The predicted molar refractivity (Wildman–Crippen MR) is 118 cm³/mol. The third kappa shape index (κ3) is 4.48. The first kappa shape index (κ1) is 20.0. The van der Waals surface area contributed by atoms with Crippen molar-refractivity contribution < 1.29 is 9.53 Å². The number of urea groups is 1. The summed E-state index contributed by atoms with van der Waals surface area (Å²) in [4.78, 5) is 12.5. The van der Waals surface area contributed by atoms with Crippen LogP contribution < -0.4 is 15.4 Å². The number of ether oxygens (including phenoxy) is 1. The zero-order valence-corrected chi connectivity index (χ0v) is 17.5. The molecule has 6 heteroatoms. The molecule has 0 saturated carbocycles. The van der Waals surface area contributed by atoms with Crippen LogP contribution in [-0.2, 0) is 20.0 Å². The van der Waals surface area contributed by atoms with E-state index < -0.39 is 0 Å². The van der Waals surface area contributed by atoms with E-state index in [0.29, 0.717) is 19.0 Å². The lowest BCUT2D eigenvalue weighted by Gasteiger charge is -2.26. The van der Waals surface area contributed by atoms with Crippen LogP contribution in [0, 0.1) is 0 Å². The highest BCUT2D eigenvalue weighted by Crippen LogP contribution is 2.33. The lowest BCUT2D eigenvalue weighted by Crippen LogP contribution is -2.38. The van der Waals surface area contributed by atoms with Crippen molar-refractivity contribution in [2.45, 2.75) is 31.7 Å². The quantitative estimate of drug-likeness (QED) is 0.652. The molecule has 156 valence electrons. The van der Waals surface area contributed by atoms with Crippen molar-refractivity contribution in [2.75, 3.05) is 13.7 Å². The monoisotopic (exact) mass is 404 g/mol. The standard InChI is InChI=1S/C24H28N4O2/c1-28-16-20(15-27-28)22-9-4-3-6-18(22)13-25-24(29)26-14-19-8-5-7-17-12-21(30-2)10-11-23(17)19/h3-4,6,9-12,15-16,19H,5,7-8,13-14H2,1-2H3,(H2,25,26,29). The maximum atomic E-state index is 12.5. The van der Waals surface area contributed by atoms with E-state index in [1.807, 2.05) is 43.7 Å². The van der Waals surface area contributed by atoms with Gasteiger partial charge < -0.3 is 15.4 Å². The largest absolute Gasteiger partial charge is 0.497 e. The fraction of sp³-hybridized carbons (Fsp3) is 0.333. The Morgan fingerprint density at radius 1 is 1.23 bits per heavy atom. The van der Waals surface area contributed by atoms with E-state index in [2.05, 4.69) is 33.9 Å². The number of fused-ring (bicyclic) bond motifs is 1. The molecule has 3 aromatic rings. The second-order valence-corrected chi connectivity index (χ2v) is 7.78. The number of rotatable bonds is 6. The Hall–Kier alpha value is -3.28. The molecule has 1 heterocycles. The second kappa shape index (κ2) is 9.03. The highest BCUT2D eigenvalue weighted by Gasteiger charge is 2.21. The van der Waals surface area contributed by atoms with Gasteiger partial charge in [-0.3, -0.25) is 4.68 Å². The minimum atomic E-state index is -0.142. The summed E-state index contributed by atoms with van der Waals surface area (Å²) in [5.74, 6) is 1.24. The normalized spacial score (nSPS) is 15.3. The van der Waals surface area contributed by atoms with Gasteiger partial charge in [0.25, 0.3) is 0 Å². The van der Waals surface area contributed by atoms with Crippen LogP contribution in [0.25, 0.3) is 11.1 Å². The molecule has 0 spiro atoms. The molecule has 2 aromatic carbocycles. The number of nitrogens with zero attached hydrogens (tertiary/aromatic N) is 2. The summed E-state index contributed by atoms with van der Waals surface area (Å²) in [7, 11) is 3.59. The zero-order chi connectivity index (χ0) is 20.9. The zero-order valence-electron chi connectivity index (χ0n) is 17.5. The molecule has 0 fully saturated rings. The SMILES string of the molecule is COc1ccc2c(c1)CCCC2CNC(=O)NCc1ccccc1-c1cnn(C)c1. The minimum absolute atomic E-state index is 0.142. The lowest BCUT2D eigenvalue weighted by atomic mass is 9.82. The first-order chi connectivity index (χ1) is 14.6. The number of methoxy groups -OCH3 is 1. The van der Waals surface area contributed by atoms with Crippen molar-refractivity contribution in [3.05, 3.63) is 71.5 Å². The van der Waals surface area contributed by atoms with E-state index in [-0.39, 0.29) is 6.03 Å². The third-order valence-corrected chi connectivity index (χ3v) is 5.77. The van der Waals surface area contributed by atoms with Crippen molar-refractivity contribution in [1.29, 1.82) is 0 Å². The van der Waals surface area contributed by atoms with Crippen LogP contribution >= 0.6 is 0 Å². The van der Waals surface area contributed by atoms with Crippen molar-refractivity contribution >= 4 is 6.03 Å². The molecule has 4 rings (SSSR count). The van der Waals surface area contributed by atoms with E-state index >= 15 is 0 Å². The minimum Gasteiger partial charge on any atom is -0.497 e. The molecule has 1 unspecified atom stereocenters. The Balaban J connectivity index is 1.35. The molecule has 1 aliphatic rings. The van der Waals surface area contributed by atoms with E-state index in [1.165, 1.54) is 11.1 Å². The van der Waals surface area contributed by atoms with Crippen LogP contribution in [0.15, 0.2) is 54.9 Å². The van der Waals surface area contributed by atoms with Crippen molar-refractivity contribution in [1.82, 2.24) is 20.4 Å². The summed E-state index contributed by atoms with van der Waals surface area (Å²) < 4.78 is 7.13. The number of hydrogen-bond acceptors (Lipinski definition) is 3. The van der Waals surface area contributed by atoms with Crippen LogP contribution in [0.5, 0.6) is 5.75 Å². The van der Waals surface area contributed by atoms with Gasteiger partial charge in [0.05, 0.1) is 13.3 Å². The van der Waals surface area contributed by atoms with Gasteiger partial charge in [0.2, 0.25) is 0 Å². The fourth-order valence-electron chi connectivity index (χ4n) is 4.20. The average Bonchev–Trinajstić information content (AvgIpc) is 3.22. The maximum Gasteiger partial charge on any atom is 0.315 e. The molecule has 1 aromatic heterocycles. The van der Waals surface area contributed by atoms with Crippen LogP contribution in [-0.4, -0.2) is 29.5 Å². The summed E-state index contributed by atoms with van der Waals surface area (Å²) >= 11 is 0. The van der Waals surface area contributed by atoms with Gasteiger partial charge in [-0.15, -0.1) is 0 Å². The second-order valence-electron chi connectivity index (χ2n) is 7.78. The first-order valence-corrected chi connectivity index (χ1v) is 10.4. The number of carbonyl (C=O) groups excluding carboxylic acids is 1. The average molecular weight is 405 g/mol. The highest BCUT2D eigenvalue weighted by atomic mass is 16.5. The van der Waals surface area contributed by atoms with Gasteiger partial charge in [-0.05, 0) is 53.6 Å². The predicted octanol–water partition coefficient (Wildman–Crippen LogP) is 4.02. The molecule has 0 saturated heterocycles. The molecular weight excluding hydrogens is 376 g/mol. The van der Waals surface area contributed by atoms with Gasteiger partial charge >= 0.3 is 6.03 Å². The molecule has 2 amide bonds. The van der Waals surface area contributed by atoms with Gasteiger partial charge in [-0.2, -0.15) is 5.10 Å². The molecule has 0 bridgehead atoms. The molecule has 1 aliphatic carbocycles. The van der Waals surface area contributed by atoms with Crippen molar-refractivity contribution in [3.8, 4) is 16.9 Å². The Morgan fingerprint density at radius 2 is 2.10 bits per heavy atom. The fourth-order valence-corrected chi connectivity index (χ4v) is 4.20. The number of benzene rings is 2. The van der Waals surface area contributed by atoms with Crippen molar-refractivity contribution in [2.24, 2.45) is 7.05 Å². The smallest absolute Gasteiger partial charge is 0.315 e. The van der Waals surface area contributed by atoms with Crippen LogP contribution in [0.1, 0.15) is 35.4 Å². The summed E-state index contributed by atoms with van der Waals surface area (Å²) in [5, 5.41) is 10.3. The molecular formula is C24H28N4O2. The van der Waals surface area contributed by atoms with Crippen LogP contribution in [0.2, 0.25) is 0 Å². The number of carbonyl (C=O) groups is 1. The van der Waals surface area contributed by atoms with Crippen LogP contribution in [0.3, 0.4) is 0 Å². The molecule has 0 aliphatic heterocycles. The number of amides is 2. The Labute approximate surface area is 177 Å². The number of aromatic nitrogens is 2. The van der Waals surface area contributed by atoms with E-state index in [0.717, 1.165) is 41.7 Å². The van der Waals surface area contributed by atoms with E-state index in [9.17, 15) is 4.79 Å². The summed E-state index contributed by atoms with van der Waals surface area (Å²) in [6, 6.07) is 14.2. The lowest BCUT2D eigenvalue weighted by molar-refractivity contribution is 0.239. The van der Waals surface area contributed by atoms with Gasteiger partial charge in [0, 0.05) is 37.8 Å². The summed E-state index contributed by atoms with van der Waals surface area (Å²) in [6.07, 6.45) is 7.11. The van der Waals surface area contributed by atoms with Gasteiger partial charge in [0.15, 0.2) is 0 Å². The third-order valence-electron chi connectivity index (χ3n) is 5.77. The van der Waals surface area contributed by atoms with E-state index in [1.54, 1.807) is 11.8 Å². The number of nitrogens with one attached hydrogen (secondary N) is 2.